The predicted molar refractivity (Wildman–Crippen MR) is 152 cm³/mol. The number of carbonyl (C=O) groups is 1. The molecule has 0 atom stereocenters. The molecular formula is C29H35BrN2O6S. The van der Waals surface area contributed by atoms with Gasteiger partial charge in [0.25, 0.3) is 0 Å². The van der Waals surface area contributed by atoms with E-state index in [2.05, 4.69) is 37.6 Å². The molecule has 10 heteroatoms. The highest BCUT2D eigenvalue weighted by Crippen LogP contribution is 2.37. The Balaban J connectivity index is 1.40. The fraction of sp³-hybridized carbons (Fsp3) is 0.483. The van der Waals surface area contributed by atoms with Gasteiger partial charge in [-0.3, -0.25) is 14.6 Å². The molecule has 2 fully saturated rings. The second kappa shape index (κ2) is 13.8. The van der Waals surface area contributed by atoms with Gasteiger partial charge in [-0.2, -0.15) is 0 Å². The van der Waals surface area contributed by atoms with Crippen LogP contribution in [0.2, 0.25) is 0 Å². The molecule has 0 aliphatic carbocycles. The second-order valence-electron chi connectivity index (χ2n) is 9.62. The molecule has 0 N–H and O–H groups in total. The van der Waals surface area contributed by atoms with E-state index < -0.39 is 20.6 Å². The van der Waals surface area contributed by atoms with Gasteiger partial charge in [0.15, 0.2) is 14.6 Å². The zero-order valence-electron chi connectivity index (χ0n) is 22.2. The lowest BCUT2D eigenvalue weighted by molar-refractivity contribution is -0.147. The summed E-state index contributed by atoms with van der Waals surface area (Å²) in [6, 6.07) is 14.3. The van der Waals surface area contributed by atoms with E-state index in [9.17, 15) is 13.2 Å². The van der Waals surface area contributed by atoms with Crippen molar-refractivity contribution in [3.63, 3.8) is 0 Å². The molecule has 4 rings (SSSR count). The summed E-state index contributed by atoms with van der Waals surface area (Å²) in [4.78, 5) is 17.6. The molecule has 0 saturated carbocycles. The minimum Gasteiger partial charge on any atom is -0.481 e. The zero-order chi connectivity index (χ0) is 27.7. The smallest absolute Gasteiger partial charge is 0.327 e. The molecule has 0 aromatic heterocycles. The van der Waals surface area contributed by atoms with Crippen LogP contribution in [0, 0.1) is 11.8 Å². The highest BCUT2D eigenvalue weighted by molar-refractivity contribution is 9.10. The van der Waals surface area contributed by atoms with E-state index in [1.54, 1.807) is 19.1 Å². The number of rotatable bonds is 9. The molecule has 0 unspecified atom stereocenters. The lowest BCUT2D eigenvalue weighted by atomic mass is 9.95. The van der Waals surface area contributed by atoms with Gasteiger partial charge in [-0.25, -0.2) is 8.42 Å². The Bertz CT molecular complexity index is 1260. The molecule has 39 heavy (non-hydrogen) atoms. The van der Waals surface area contributed by atoms with E-state index >= 15 is 0 Å². The Morgan fingerprint density at radius 3 is 2.28 bits per heavy atom. The molecule has 2 saturated heterocycles. The van der Waals surface area contributed by atoms with Crippen molar-refractivity contribution in [2.75, 3.05) is 59.2 Å². The van der Waals surface area contributed by atoms with Crippen LogP contribution in [-0.2, 0) is 30.7 Å². The van der Waals surface area contributed by atoms with Crippen molar-refractivity contribution in [1.82, 2.24) is 9.80 Å². The van der Waals surface area contributed by atoms with Gasteiger partial charge in [0.05, 0.1) is 31.3 Å². The van der Waals surface area contributed by atoms with Gasteiger partial charge in [-0.1, -0.05) is 39.9 Å². The first kappa shape index (κ1) is 29.6. The maximum Gasteiger partial charge on any atom is 0.327 e. The van der Waals surface area contributed by atoms with Crippen LogP contribution in [0.15, 0.2) is 57.9 Å². The summed E-state index contributed by atoms with van der Waals surface area (Å²) in [5, 5.41) is 0. The van der Waals surface area contributed by atoms with E-state index in [1.807, 2.05) is 24.3 Å². The second-order valence-corrected chi connectivity index (χ2v) is 12.8. The number of hydrogen-bond acceptors (Lipinski definition) is 8. The summed E-state index contributed by atoms with van der Waals surface area (Å²) >= 11 is 3.45. The number of carbonyl (C=O) groups excluding carboxylic acids is 1. The SMILES string of the molecule is CCOC(=O)C1(S(=O)(=O)c2ccc(OCC#CCN3CCOCC3)cc2)CCN(Cc2ccc(Br)cc2)CC1. The Kier molecular flexibility index (Phi) is 10.4. The average molecular weight is 620 g/mol. The fourth-order valence-corrected chi connectivity index (χ4v) is 7.01. The lowest BCUT2D eigenvalue weighted by Gasteiger charge is -2.39. The first-order valence-electron chi connectivity index (χ1n) is 13.2. The number of likely N-dealkylation sites (tertiary alicyclic amines) is 1. The van der Waals surface area contributed by atoms with Gasteiger partial charge in [0.2, 0.25) is 0 Å². The molecule has 2 aliphatic rings. The molecule has 8 nitrogen and oxygen atoms in total. The third-order valence-corrected chi connectivity index (χ3v) is 10.1. The molecule has 2 aromatic rings. The Morgan fingerprint density at radius 1 is 0.974 bits per heavy atom. The summed E-state index contributed by atoms with van der Waals surface area (Å²) in [6.45, 7) is 7.53. The van der Waals surface area contributed by atoms with Crippen molar-refractivity contribution in [3.05, 3.63) is 58.6 Å². The topological polar surface area (TPSA) is 85.4 Å². The van der Waals surface area contributed by atoms with Crippen LogP contribution in [0.25, 0.3) is 0 Å². The van der Waals surface area contributed by atoms with Crippen molar-refractivity contribution in [2.24, 2.45) is 0 Å². The van der Waals surface area contributed by atoms with Gasteiger partial charge >= 0.3 is 5.97 Å². The van der Waals surface area contributed by atoms with Crippen molar-refractivity contribution < 1.29 is 27.4 Å². The number of esters is 1. The van der Waals surface area contributed by atoms with Crippen molar-refractivity contribution in [3.8, 4) is 17.6 Å². The van der Waals surface area contributed by atoms with Crippen molar-refractivity contribution >= 4 is 31.7 Å². The summed E-state index contributed by atoms with van der Waals surface area (Å²) < 4.78 is 43.5. The third kappa shape index (κ3) is 7.41. The van der Waals surface area contributed by atoms with E-state index in [1.165, 1.54) is 12.1 Å². The highest BCUT2D eigenvalue weighted by atomic mass is 79.9. The zero-order valence-corrected chi connectivity index (χ0v) is 24.6. The lowest BCUT2D eigenvalue weighted by Crippen LogP contribution is -2.54. The molecule has 0 amide bonds. The number of ether oxygens (including phenoxy) is 3. The highest BCUT2D eigenvalue weighted by Gasteiger charge is 2.54. The average Bonchev–Trinajstić information content (AvgIpc) is 2.95. The van der Waals surface area contributed by atoms with Crippen LogP contribution in [0.4, 0.5) is 0 Å². The van der Waals surface area contributed by atoms with Crippen LogP contribution >= 0.6 is 15.9 Å². The van der Waals surface area contributed by atoms with Crippen LogP contribution in [0.3, 0.4) is 0 Å². The van der Waals surface area contributed by atoms with Crippen molar-refractivity contribution in [2.45, 2.75) is 36.0 Å². The minimum absolute atomic E-state index is 0.0858. The molecule has 0 radical (unpaired) electrons. The first-order chi connectivity index (χ1) is 18.8. The van der Waals surface area contributed by atoms with E-state index in [4.69, 9.17) is 14.2 Å². The molecule has 0 spiro atoms. The molecule has 2 aromatic carbocycles. The number of halogens is 1. The molecule has 2 aliphatic heterocycles. The van der Waals surface area contributed by atoms with E-state index in [-0.39, 0.29) is 31.0 Å². The largest absolute Gasteiger partial charge is 0.481 e. The van der Waals surface area contributed by atoms with Crippen molar-refractivity contribution in [1.29, 1.82) is 0 Å². The number of morpholine rings is 1. The number of hydrogen-bond donors (Lipinski definition) is 0. The van der Waals surface area contributed by atoms with Gasteiger partial charge in [0.1, 0.15) is 12.4 Å². The number of benzene rings is 2. The molecule has 210 valence electrons. The van der Waals surface area contributed by atoms with Crippen LogP contribution in [0.1, 0.15) is 25.3 Å². The number of nitrogens with zero attached hydrogens (tertiary/aromatic N) is 2. The van der Waals surface area contributed by atoms with Gasteiger partial charge in [-0.05, 0) is 61.7 Å². The Labute approximate surface area is 239 Å². The predicted octanol–water partition coefficient (Wildman–Crippen LogP) is 3.54. The molecule has 2 heterocycles. The third-order valence-electron chi connectivity index (χ3n) is 7.12. The van der Waals surface area contributed by atoms with E-state index in [0.29, 0.717) is 31.9 Å². The molecular weight excluding hydrogens is 584 g/mol. The van der Waals surface area contributed by atoms with Crippen LogP contribution in [0.5, 0.6) is 5.75 Å². The van der Waals surface area contributed by atoms with E-state index in [0.717, 1.165) is 36.3 Å². The standard InChI is InChI=1S/C29H35BrN2O6S/c1-2-37-28(33)29(13-16-32(17-14-29)23-24-5-7-25(30)8-6-24)39(34,35)27-11-9-26(10-12-27)38-20-4-3-15-31-18-21-36-22-19-31/h5-12H,2,13-23H2,1H3. The maximum atomic E-state index is 13.9. The van der Waals surface area contributed by atoms with Crippen LogP contribution in [-0.4, -0.2) is 88.1 Å². The number of piperidine rings is 1. The van der Waals surface area contributed by atoms with Crippen LogP contribution < -0.4 is 4.74 Å². The van der Waals surface area contributed by atoms with Gasteiger partial charge in [0, 0.05) is 37.2 Å². The fourth-order valence-electron chi connectivity index (χ4n) is 4.80. The summed E-state index contributed by atoms with van der Waals surface area (Å²) in [5.41, 5.74) is 1.13. The molecule has 0 bridgehead atoms. The minimum atomic E-state index is -4.01. The van der Waals surface area contributed by atoms with Gasteiger partial charge < -0.3 is 14.2 Å². The first-order valence-corrected chi connectivity index (χ1v) is 15.5. The maximum absolute atomic E-state index is 13.9. The van der Waals surface area contributed by atoms with Gasteiger partial charge in [-0.15, -0.1) is 0 Å². The summed E-state index contributed by atoms with van der Waals surface area (Å²) in [6.07, 6.45) is 0.337. The Morgan fingerprint density at radius 2 is 1.64 bits per heavy atom. The summed E-state index contributed by atoms with van der Waals surface area (Å²) in [5.74, 6) is 5.93. The normalized spacial score (nSPS) is 18.1. The summed E-state index contributed by atoms with van der Waals surface area (Å²) in [7, 11) is -4.01. The Hall–Kier alpha value is -2.42. The monoisotopic (exact) mass is 618 g/mol. The number of sulfone groups is 1. The quantitative estimate of drug-likeness (QED) is 0.312.